The van der Waals surface area contributed by atoms with Crippen molar-refractivity contribution in [1.82, 2.24) is 9.88 Å². The molecular weight excluding hydrogens is 361 g/mol. The van der Waals surface area contributed by atoms with Gasteiger partial charge >= 0.3 is 0 Å². The van der Waals surface area contributed by atoms with E-state index in [-0.39, 0.29) is 11.7 Å². The summed E-state index contributed by atoms with van der Waals surface area (Å²) in [6.07, 6.45) is 1.88. The van der Waals surface area contributed by atoms with Gasteiger partial charge in [0, 0.05) is 31.1 Å². The third-order valence-corrected chi connectivity index (χ3v) is 4.68. The van der Waals surface area contributed by atoms with Gasteiger partial charge in [-0.05, 0) is 47.0 Å². The number of fused-ring (bicyclic) bond motifs is 1. The van der Waals surface area contributed by atoms with Crippen LogP contribution in [0.3, 0.4) is 0 Å². The third kappa shape index (κ3) is 3.47. The number of hydrogen-bond donors (Lipinski definition) is 0. The van der Waals surface area contributed by atoms with Crippen molar-refractivity contribution in [2.45, 2.75) is 19.8 Å². The second-order valence-electron chi connectivity index (χ2n) is 5.78. The van der Waals surface area contributed by atoms with Crippen LogP contribution in [0.1, 0.15) is 19.8 Å². The maximum absolute atomic E-state index is 13.7. The summed E-state index contributed by atoms with van der Waals surface area (Å²) < 4.78 is 14.2. The lowest BCUT2D eigenvalue weighted by Crippen LogP contribution is -2.37. The summed E-state index contributed by atoms with van der Waals surface area (Å²) in [5.41, 5.74) is 0.602. The van der Waals surface area contributed by atoms with Gasteiger partial charge in [0.05, 0.1) is 16.5 Å². The summed E-state index contributed by atoms with van der Waals surface area (Å²) in [5, 5.41) is 0.871. The fourth-order valence-corrected chi connectivity index (χ4v) is 3.27. The first-order valence-corrected chi connectivity index (χ1v) is 8.66. The predicted octanol–water partition coefficient (Wildman–Crippen LogP) is 3.59. The highest BCUT2D eigenvalue weighted by molar-refractivity contribution is 9.10. The van der Waals surface area contributed by atoms with Gasteiger partial charge in [-0.2, -0.15) is 0 Å². The largest absolute Gasteiger partial charge is 0.347 e. The molecule has 2 aromatic rings. The molecule has 1 aliphatic heterocycles. The Morgan fingerprint density at radius 1 is 1.30 bits per heavy atom. The van der Waals surface area contributed by atoms with Gasteiger partial charge < -0.3 is 9.80 Å². The first-order chi connectivity index (χ1) is 11.1. The first kappa shape index (κ1) is 16.2. The summed E-state index contributed by atoms with van der Waals surface area (Å²) >= 11 is 3.19. The van der Waals surface area contributed by atoms with Crippen molar-refractivity contribution < 1.29 is 9.18 Å². The van der Waals surface area contributed by atoms with Crippen LogP contribution in [0.2, 0.25) is 0 Å². The van der Waals surface area contributed by atoms with Crippen LogP contribution in [-0.2, 0) is 4.79 Å². The Balaban J connectivity index is 1.87. The zero-order valence-electron chi connectivity index (χ0n) is 13.1. The monoisotopic (exact) mass is 379 g/mol. The van der Waals surface area contributed by atoms with Crippen LogP contribution in [0, 0.1) is 5.82 Å². The van der Waals surface area contributed by atoms with E-state index in [2.05, 4.69) is 27.8 Å². The van der Waals surface area contributed by atoms with Crippen molar-refractivity contribution in [3.63, 3.8) is 0 Å². The van der Waals surface area contributed by atoms with Crippen LogP contribution in [-0.4, -0.2) is 42.0 Å². The molecule has 0 unspecified atom stereocenters. The number of carbonyl (C=O) groups is 1. The Kier molecular flexibility index (Phi) is 4.80. The molecule has 6 heteroatoms. The van der Waals surface area contributed by atoms with E-state index in [1.54, 1.807) is 6.07 Å². The lowest BCUT2D eigenvalue weighted by Gasteiger charge is -2.22. The molecule has 1 fully saturated rings. The minimum Gasteiger partial charge on any atom is -0.347 e. The number of nitrogens with zero attached hydrogens (tertiary/aromatic N) is 3. The smallest absolute Gasteiger partial charge is 0.242 e. The molecule has 4 nitrogen and oxygen atoms in total. The molecule has 23 heavy (non-hydrogen) atoms. The second kappa shape index (κ2) is 6.83. The number of rotatable bonds is 3. The Labute approximate surface area is 143 Å². The van der Waals surface area contributed by atoms with Gasteiger partial charge in [0.1, 0.15) is 11.6 Å². The molecule has 3 rings (SSSR count). The van der Waals surface area contributed by atoms with Gasteiger partial charge in [0.2, 0.25) is 5.91 Å². The highest BCUT2D eigenvalue weighted by atomic mass is 79.9. The Bertz CT molecular complexity index is 737. The molecule has 1 aromatic carbocycles. The molecule has 1 aromatic heterocycles. The lowest BCUT2D eigenvalue weighted by molar-refractivity contribution is -0.129. The molecular formula is C17H19BrFN3O. The summed E-state index contributed by atoms with van der Waals surface area (Å²) in [7, 11) is 0. The summed E-state index contributed by atoms with van der Waals surface area (Å²) in [5.74, 6) is 0.530. The highest BCUT2D eigenvalue weighted by Gasteiger charge is 2.22. The second-order valence-corrected chi connectivity index (χ2v) is 6.64. The molecule has 1 saturated heterocycles. The average molecular weight is 380 g/mol. The van der Waals surface area contributed by atoms with E-state index in [1.807, 2.05) is 21.9 Å². The molecule has 122 valence electrons. The summed E-state index contributed by atoms with van der Waals surface area (Å²) in [6, 6.07) is 6.96. The molecule has 0 saturated carbocycles. The molecule has 2 heterocycles. The molecule has 1 amide bonds. The van der Waals surface area contributed by atoms with Crippen LogP contribution in [0.15, 0.2) is 28.7 Å². The molecule has 0 spiro atoms. The molecule has 0 atom stereocenters. The summed E-state index contributed by atoms with van der Waals surface area (Å²) in [4.78, 5) is 20.8. The van der Waals surface area contributed by atoms with Crippen LogP contribution < -0.4 is 4.90 Å². The quantitative estimate of drug-likeness (QED) is 0.817. The van der Waals surface area contributed by atoms with Crippen LogP contribution in [0.25, 0.3) is 10.9 Å². The Morgan fingerprint density at radius 3 is 2.91 bits per heavy atom. The van der Waals surface area contributed by atoms with E-state index < -0.39 is 0 Å². The Morgan fingerprint density at radius 2 is 2.13 bits per heavy atom. The number of amides is 1. The van der Waals surface area contributed by atoms with Crippen LogP contribution >= 0.6 is 15.9 Å². The highest BCUT2D eigenvalue weighted by Crippen LogP contribution is 2.25. The number of hydrogen-bond acceptors (Lipinski definition) is 3. The molecule has 0 radical (unpaired) electrons. The van der Waals surface area contributed by atoms with Crippen molar-refractivity contribution in [3.8, 4) is 0 Å². The van der Waals surface area contributed by atoms with Gasteiger partial charge in [-0.1, -0.05) is 6.92 Å². The van der Waals surface area contributed by atoms with E-state index in [0.29, 0.717) is 16.5 Å². The van der Waals surface area contributed by atoms with E-state index in [9.17, 15) is 9.18 Å². The minimum absolute atomic E-state index is 0.133. The number of pyridine rings is 1. The maximum atomic E-state index is 13.7. The number of benzene rings is 1. The van der Waals surface area contributed by atoms with Gasteiger partial charge in [0.15, 0.2) is 0 Å². The standard InChI is InChI=1S/C17H19BrFN3O/c1-2-6-21-7-3-8-22(11-17(21)23)16-5-4-12-9-13(18)14(19)10-15(12)20-16/h4-5,9-10H,2-3,6-8,11H2,1H3. The minimum atomic E-state index is -0.330. The number of carbonyl (C=O) groups excluding carboxylic acids is 1. The fourth-order valence-electron chi connectivity index (χ4n) is 2.90. The average Bonchev–Trinajstić information content (AvgIpc) is 2.71. The van der Waals surface area contributed by atoms with Gasteiger partial charge in [-0.15, -0.1) is 0 Å². The van der Waals surface area contributed by atoms with Gasteiger partial charge in [-0.3, -0.25) is 4.79 Å². The van der Waals surface area contributed by atoms with Crippen molar-refractivity contribution in [2.24, 2.45) is 0 Å². The summed E-state index contributed by atoms with van der Waals surface area (Å²) in [6.45, 7) is 4.78. The van der Waals surface area contributed by atoms with E-state index >= 15 is 0 Å². The normalized spacial score (nSPS) is 16.0. The topological polar surface area (TPSA) is 36.4 Å². The first-order valence-electron chi connectivity index (χ1n) is 7.87. The third-order valence-electron chi connectivity index (χ3n) is 4.07. The molecule has 0 aliphatic carbocycles. The van der Waals surface area contributed by atoms with Crippen LogP contribution in [0.4, 0.5) is 10.2 Å². The van der Waals surface area contributed by atoms with Crippen molar-refractivity contribution >= 4 is 38.6 Å². The zero-order valence-corrected chi connectivity index (χ0v) is 14.6. The molecule has 0 bridgehead atoms. The lowest BCUT2D eigenvalue weighted by atomic mass is 10.2. The zero-order chi connectivity index (χ0) is 16.4. The van der Waals surface area contributed by atoms with E-state index in [1.165, 1.54) is 6.07 Å². The van der Waals surface area contributed by atoms with Crippen LogP contribution in [0.5, 0.6) is 0 Å². The van der Waals surface area contributed by atoms with Gasteiger partial charge in [-0.25, -0.2) is 9.37 Å². The van der Waals surface area contributed by atoms with Crippen molar-refractivity contribution in [1.29, 1.82) is 0 Å². The number of halogens is 2. The van der Waals surface area contributed by atoms with E-state index in [4.69, 9.17) is 0 Å². The molecule has 1 aliphatic rings. The number of anilines is 1. The number of aromatic nitrogens is 1. The fraction of sp³-hybridized carbons (Fsp3) is 0.412. The maximum Gasteiger partial charge on any atom is 0.242 e. The van der Waals surface area contributed by atoms with Crippen molar-refractivity contribution in [2.75, 3.05) is 31.1 Å². The van der Waals surface area contributed by atoms with E-state index in [0.717, 1.165) is 43.7 Å². The SMILES string of the molecule is CCCN1CCCN(c2ccc3cc(Br)c(F)cc3n2)CC1=O. The van der Waals surface area contributed by atoms with Crippen molar-refractivity contribution in [3.05, 3.63) is 34.6 Å². The Hall–Kier alpha value is -1.69. The predicted molar refractivity (Wildman–Crippen MR) is 93.1 cm³/mol. The van der Waals surface area contributed by atoms with Gasteiger partial charge in [0.25, 0.3) is 0 Å². The molecule has 0 N–H and O–H groups in total.